The number of carbonyl (C=O) groups is 2. The minimum atomic E-state index is -0.864. The molecule has 0 radical (unpaired) electrons. The number of hydrogen-bond acceptors (Lipinski definition) is 3. The van der Waals surface area contributed by atoms with Gasteiger partial charge in [0.05, 0.1) is 5.56 Å². The third-order valence-corrected chi connectivity index (χ3v) is 4.27. The van der Waals surface area contributed by atoms with Crippen molar-refractivity contribution in [1.82, 2.24) is 5.32 Å². The van der Waals surface area contributed by atoms with E-state index < -0.39 is 12.1 Å². The molecule has 2 atom stereocenters. The first kappa shape index (κ1) is 19.0. The largest absolute Gasteiger partial charge is 0.449 e. The van der Waals surface area contributed by atoms with Crippen molar-refractivity contribution < 1.29 is 14.3 Å². The van der Waals surface area contributed by atoms with Crippen LogP contribution in [-0.2, 0) is 9.53 Å². The Morgan fingerprint density at radius 3 is 2.32 bits per heavy atom. The Labute approximate surface area is 153 Å². The molecule has 1 amide bonds. The average molecular weight is 360 g/mol. The Bertz CT molecular complexity index is 701. The van der Waals surface area contributed by atoms with Crippen molar-refractivity contribution in [1.29, 1.82) is 0 Å². The first-order chi connectivity index (χ1) is 12.0. The van der Waals surface area contributed by atoms with Gasteiger partial charge in [0.25, 0.3) is 5.91 Å². The highest BCUT2D eigenvalue weighted by molar-refractivity contribution is 6.30. The second kappa shape index (κ2) is 9.23. The van der Waals surface area contributed by atoms with Crippen LogP contribution < -0.4 is 5.32 Å². The molecule has 4 nitrogen and oxygen atoms in total. The van der Waals surface area contributed by atoms with Crippen LogP contribution in [0.3, 0.4) is 0 Å². The summed E-state index contributed by atoms with van der Waals surface area (Å²) in [5.74, 6) is -0.629. The Hall–Kier alpha value is -2.33. The molecule has 132 valence electrons. The van der Waals surface area contributed by atoms with Gasteiger partial charge in [0.1, 0.15) is 0 Å². The molecule has 0 spiro atoms. The van der Waals surface area contributed by atoms with Gasteiger partial charge in [-0.3, -0.25) is 4.79 Å². The van der Waals surface area contributed by atoms with Crippen molar-refractivity contribution in [2.45, 2.75) is 32.3 Å². The lowest BCUT2D eigenvalue weighted by Gasteiger charge is -2.18. The molecule has 2 aromatic rings. The molecule has 0 bridgehead atoms. The van der Waals surface area contributed by atoms with Crippen molar-refractivity contribution in [3.8, 4) is 0 Å². The lowest BCUT2D eigenvalue weighted by Crippen LogP contribution is -2.38. The van der Waals surface area contributed by atoms with E-state index in [1.165, 1.54) is 5.56 Å². The molecule has 0 aliphatic rings. The van der Waals surface area contributed by atoms with Crippen molar-refractivity contribution in [2.75, 3.05) is 6.54 Å². The molecule has 0 saturated carbocycles. The van der Waals surface area contributed by atoms with Gasteiger partial charge in [0.15, 0.2) is 6.10 Å². The number of rotatable bonds is 7. The first-order valence-electron chi connectivity index (χ1n) is 8.30. The summed E-state index contributed by atoms with van der Waals surface area (Å²) in [6.07, 6.45) is 0.0416. The number of nitrogens with one attached hydrogen (secondary N) is 1. The van der Waals surface area contributed by atoms with Crippen LogP contribution in [0, 0.1) is 0 Å². The van der Waals surface area contributed by atoms with Gasteiger partial charge >= 0.3 is 5.97 Å². The predicted octanol–water partition coefficient (Wildman–Crippen LogP) is 4.20. The average Bonchev–Trinajstić information content (AvgIpc) is 2.63. The normalized spacial score (nSPS) is 12.9. The second-order valence-electron chi connectivity index (χ2n) is 5.82. The summed E-state index contributed by atoms with van der Waals surface area (Å²) in [6.45, 7) is 4.14. The summed E-state index contributed by atoms with van der Waals surface area (Å²) in [7, 11) is 0. The predicted molar refractivity (Wildman–Crippen MR) is 98.8 cm³/mol. The van der Waals surface area contributed by atoms with Crippen LogP contribution in [0.2, 0.25) is 5.02 Å². The van der Waals surface area contributed by atoms with Crippen LogP contribution in [0.4, 0.5) is 0 Å². The third-order valence-electron chi connectivity index (χ3n) is 4.02. The fourth-order valence-corrected chi connectivity index (χ4v) is 2.58. The molecule has 2 rings (SSSR count). The third kappa shape index (κ3) is 5.61. The molecule has 0 aliphatic heterocycles. The van der Waals surface area contributed by atoms with Crippen molar-refractivity contribution in [3.05, 3.63) is 70.7 Å². The Morgan fingerprint density at radius 1 is 1.08 bits per heavy atom. The quantitative estimate of drug-likeness (QED) is 0.754. The smallest absolute Gasteiger partial charge is 0.338 e. The lowest BCUT2D eigenvalue weighted by atomic mass is 9.96. The van der Waals surface area contributed by atoms with E-state index in [4.69, 9.17) is 16.3 Å². The van der Waals surface area contributed by atoms with Crippen molar-refractivity contribution in [3.63, 3.8) is 0 Å². The molecule has 1 N–H and O–H groups in total. The number of hydrogen-bond donors (Lipinski definition) is 1. The SMILES string of the molecule is CC[C@@H](CNC(=O)[C@H](C)OC(=O)c1ccc(Cl)cc1)c1ccccc1. The minimum absolute atomic E-state index is 0.226. The summed E-state index contributed by atoms with van der Waals surface area (Å²) < 4.78 is 5.22. The lowest BCUT2D eigenvalue weighted by molar-refractivity contribution is -0.129. The van der Waals surface area contributed by atoms with Gasteiger partial charge < -0.3 is 10.1 Å². The molecule has 0 saturated heterocycles. The van der Waals surface area contributed by atoms with Gasteiger partial charge in [-0.25, -0.2) is 4.79 Å². The van der Waals surface area contributed by atoms with Gasteiger partial charge in [0.2, 0.25) is 0 Å². The Kier molecular flexibility index (Phi) is 7.02. The molecule has 0 fully saturated rings. The Morgan fingerprint density at radius 2 is 1.72 bits per heavy atom. The fourth-order valence-electron chi connectivity index (χ4n) is 2.46. The maximum Gasteiger partial charge on any atom is 0.338 e. The van der Waals surface area contributed by atoms with E-state index in [0.717, 1.165) is 6.42 Å². The zero-order valence-electron chi connectivity index (χ0n) is 14.4. The van der Waals surface area contributed by atoms with Crippen LogP contribution in [0.1, 0.15) is 42.1 Å². The van der Waals surface area contributed by atoms with E-state index in [1.807, 2.05) is 30.3 Å². The summed E-state index contributed by atoms with van der Waals surface area (Å²) in [6, 6.07) is 16.4. The number of halogens is 1. The van der Waals surface area contributed by atoms with E-state index in [-0.39, 0.29) is 11.8 Å². The van der Waals surface area contributed by atoms with Gasteiger partial charge in [0, 0.05) is 17.5 Å². The molecule has 0 aliphatic carbocycles. The molecular weight excluding hydrogens is 338 g/mol. The van der Waals surface area contributed by atoms with E-state index in [2.05, 4.69) is 12.2 Å². The molecule has 0 heterocycles. The summed E-state index contributed by atoms with van der Waals surface area (Å²) in [4.78, 5) is 24.2. The van der Waals surface area contributed by atoms with Gasteiger partial charge in [-0.2, -0.15) is 0 Å². The van der Waals surface area contributed by atoms with Crippen molar-refractivity contribution >= 4 is 23.5 Å². The number of carbonyl (C=O) groups excluding carboxylic acids is 2. The first-order valence-corrected chi connectivity index (χ1v) is 8.68. The van der Waals surface area contributed by atoms with Gasteiger partial charge in [-0.15, -0.1) is 0 Å². The zero-order valence-corrected chi connectivity index (χ0v) is 15.1. The molecule has 0 unspecified atom stereocenters. The second-order valence-corrected chi connectivity index (χ2v) is 6.25. The number of esters is 1. The fraction of sp³-hybridized carbons (Fsp3) is 0.300. The van der Waals surface area contributed by atoms with Crippen molar-refractivity contribution in [2.24, 2.45) is 0 Å². The minimum Gasteiger partial charge on any atom is -0.449 e. The summed E-state index contributed by atoms with van der Waals surface area (Å²) >= 11 is 5.79. The molecule has 25 heavy (non-hydrogen) atoms. The zero-order chi connectivity index (χ0) is 18.2. The standard InChI is InChI=1S/C20H22ClNO3/c1-3-15(16-7-5-4-6-8-16)13-22-19(23)14(2)25-20(24)17-9-11-18(21)12-10-17/h4-12,14-15H,3,13H2,1-2H3,(H,22,23)/t14-,15-/m0/s1. The van der Waals surface area contributed by atoms with E-state index in [1.54, 1.807) is 31.2 Å². The maximum atomic E-state index is 12.2. The van der Waals surface area contributed by atoms with Gasteiger partial charge in [-0.05, 0) is 43.2 Å². The van der Waals surface area contributed by atoms with Gasteiger partial charge in [-0.1, -0.05) is 48.9 Å². The van der Waals surface area contributed by atoms with E-state index >= 15 is 0 Å². The molecule has 5 heteroatoms. The number of benzene rings is 2. The van der Waals surface area contributed by atoms with E-state index in [0.29, 0.717) is 17.1 Å². The molecular formula is C20H22ClNO3. The molecule has 2 aromatic carbocycles. The summed E-state index contributed by atoms with van der Waals surface area (Å²) in [5.41, 5.74) is 1.54. The summed E-state index contributed by atoms with van der Waals surface area (Å²) in [5, 5.41) is 3.40. The highest BCUT2D eigenvalue weighted by atomic mass is 35.5. The topological polar surface area (TPSA) is 55.4 Å². The highest BCUT2D eigenvalue weighted by Gasteiger charge is 2.20. The van der Waals surface area contributed by atoms with Crippen LogP contribution in [0.15, 0.2) is 54.6 Å². The van der Waals surface area contributed by atoms with Crippen LogP contribution in [-0.4, -0.2) is 24.5 Å². The number of ether oxygens (including phenoxy) is 1. The Balaban J connectivity index is 1.87. The van der Waals surface area contributed by atoms with Crippen LogP contribution in [0.25, 0.3) is 0 Å². The highest BCUT2D eigenvalue weighted by Crippen LogP contribution is 2.18. The van der Waals surface area contributed by atoms with E-state index in [9.17, 15) is 9.59 Å². The number of amides is 1. The molecule has 0 aromatic heterocycles. The van der Waals surface area contributed by atoms with Crippen LogP contribution in [0.5, 0.6) is 0 Å². The maximum absolute atomic E-state index is 12.2. The van der Waals surface area contributed by atoms with Crippen LogP contribution >= 0.6 is 11.6 Å². The monoisotopic (exact) mass is 359 g/mol.